The van der Waals surface area contributed by atoms with Crippen LogP contribution in [0.15, 0.2) is 0 Å². The molecule has 96 valence electrons. The highest BCUT2D eigenvalue weighted by atomic mass is 16.4. The highest BCUT2D eigenvalue weighted by Crippen LogP contribution is 2.11. The minimum absolute atomic E-state index is 0.209. The molecule has 0 amide bonds. The van der Waals surface area contributed by atoms with E-state index >= 15 is 0 Å². The molecule has 4 heteroatoms. The molecule has 0 fully saturated rings. The SMILES string of the molecule is CC(C)CC(CN(C)C)NC(C)(C)C(=O)O. The molecule has 0 bridgehead atoms. The maximum Gasteiger partial charge on any atom is 0.323 e. The zero-order chi connectivity index (χ0) is 12.9. The van der Waals surface area contributed by atoms with Gasteiger partial charge >= 0.3 is 5.97 Å². The molecule has 0 aliphatic rings. The summed E-state index contributed by atoms with van der Waals surface area (Å²) in [5, 5.41) is 12.3. The molecule has 1 unspecified atom stereocenters. The summed E-state index contributed by atoms with van der Waals surface area (Å²) in [5.74, 6) is -0.248. The third-order valence-corrected chi connectivity index (χ3v) is 2.44. The highest BCUT2D eigenvalue weighted by Gasteiger charge is 2.30. The molecule has 0 aromatic rings. The number of likely N-dealkylation sites (N-methyl/N-ethyl adjacent to an activating group) is 1. The molecule has 1 atom stereocenters. The van der Waals surface area contributed by atoms with Crippen molar-refractivity contribution in [3.63, 3.8) is 0 Å². The van der Waals surface area contributed by atoms with E-state index in [-0.39, 0.29) is 6.04 Å². The summed E-state index contributed by atoms with van der Waals surface area (Å²) in [4.78, 5) is 13.1. The smallest absolute Gasteiger partial charge is 0.323 e. The summed E-state index contributed by atoms with van der Waals surface area (Å²) in [6.07, 6.45) is 0.981. The lowest BCUT2D eigenvalue weighted by Gasteiger charge is -2.31. The number of nitrogens with one attached hydrogen (secondary N) is 1. The van der Waals surface area contributed by atoms with Crippen molar-refractivity contribution in [2.75, 3.05) is 20.6 Å². The topological polar surface area (TPSA) is 52.6 Å². The predicted octanol–water partition coefficient (Wildman–Crippen LogP) is 1.42. The lowest BCUT2D eigenvalue weighted by molar-refractivity contribution is -0.143. The zero-order valence-corrected chi connectivity index (χ0v) is 11.4. The Labute approximate surface area is 99.0 Å². The van der Waals surface area contributed by atoms with Crippen LogP contribution in [0.2, 0.25) is 0 Å². The van der Waals surface area contributed by atoms with Crippen molar-refractivity contribution in [1.29, 1.82) is 0 Å². The molecule has 0 rings (SSSR count). The molecule has 0 heterocycles. The standard InChI is InChI=1S/C12H26N2O2/c1-9(2)7-10(8-14(5)6)13-12(3,4)11(15)16/h9-10,13H,7-8H2,1-6H3,(H,15,16). The van der Waals surface area contributed by atoms with E-state index in [0.717, 1.165) is 13.0 Å². The van der Waals surface area contributed by atoms with Crippen LogP contribution in [0.1, 0.15) is 34.1 Å². The van der Waals surface area contributed by atoms with Gasteiger partial charge in [-0.3, -0.25) is 10.1 Å². The largest absolute Gasteiger partial charge is 0.480 e. The molecular weight excluding hydrogens is 204 g/mol. The number of carbonyl (C=O) groups is 1. The molecule has 0 aromatic carbocycles. The minimum Gasteiger partial charge on any atom is -0.480 e. The Morgan fingerprint density at radius 2 is 1.88 bits per heavy atom. The van der Waals surface area contributed by atoms with E-state index in [1.807, 2.05) is 14.1 Å². The van der Waals surface area contributed by atoms with Crippen molar-refractivity contribution in [3.8, 4) is 0 Å². The van der Waals surface area contributed by atoms with Crippen LogP contribution in [-0.4, -0.2) is 48.2 Å². The van der Waals surface area contributed by atoms with Gasteiger partial charge in [-0.25, -0.2) is 0 Å². The lowest BCUT2D eigenvalue weighted by Crippen LogP contribution is -2.54. The van der Waals surface area contributed by atoms with Crippen LogP contribution in [0, 0.1) is 5.92 Å². The molecule has 4 nitrogen and oxygen atoms in total. The van der Waals surface area contributed by atoms with Gasteiger partial charge in [0, 0.05) is 12.6 Å². The van der Waals surface area contributed by atoms with Gasteiger partial charge in [-0.1, -0.05) is 13.8 Å². The van der Waals surface area contributed by atoms with E-state index < -0.39 is 11.5 Å². The Bertz CT molecular complexity index is 215. The average molecular weight is 230 g/mol. The number of aliphatic carboxylic acids is 1. The van der Waals surface area contributed by atoms with Gasteiger partial charge in [-0.15, -0.1) is 0 Å². The summed E-state index contributed by atoms with van der Waals surface area (Å²) in [7, 11) is 4.01. The first-order valence-corrected chi connectivity index (χ1v) is 5.81. The molecule has 0 aliphatic carbocycles. The molecule has 0 saturated heterocycles. The number of hydrogen-bond donors (Lipinski definition) is 2. The summed E-state index contributed by atoms with van der Waals surface area (Å²) in [6, 6.07) is 0.209. The van der Waals surface area contributed by atoms with E-state index in [9.17, 15) is 4.79 Å². The first-order valence-electron chi connectivity index (χ1n) is 5.81. The summed E-state index contributed by atoms with van der Waals surface area (Å²) < 4.78 is 0. The van der Waals surface area contributed by atoms with E-state index in [4.69, 9.17) is 5.11 Å². The fourth-order valence-electron chi connectivity index (χ4n) is 1.76. The zero-order valence-electron chi connectivity index (χ0n) is 11.4. The Kier molecular flexibility index (Phi) is 5.97. The molecular formula is C12H26N2O2. The lowest BCUT2D eigenvalue weighted by atomic mass is 9.98. The van der Waals surface area contributed by atoms with Crippen molar-refractivity contribution in [2.24, 2.45) is 5.92 Å². The fraction of sp³-hybridized carbons (Fsp3) is 0.917. The van der Waals surface area contributed by atoms with Crippen LogP contribution >= 0.6 is 0 Å². The first-order chi connectivity index (χ1) is 7.15. The second kappa shape index (κ2) is 6.21. The second-order valence-corrected chi connectivity index (χ2v) is 5.66. The quantitative estimate of drug-likeness (QED) is 0.694. The first kappa shape index (κ1) is 15.4. The van der Waals surface area contributed by atoms with Gasteiger partial charge in [0.15, 0.2) is 0 Å². The summed E-state index contributed by atoms with van der Waals surface area (Å²) in [5.41, 5.74) is -0.866. The molecule has 0 radical (unpaired) electrons. The monoisotopic (exact) mass is 230 g/mol. The van der Waals surface area contributed by atoms with Gasteiger partial charge in [-0.05, 0) is 40.3 Å². The summed E-state index contributed by atoms with van der Waals surface area (Å²) in [6.45, 7) is 8.57. The van der Waals surface area contributed by atoms with Gasteiger partial charge in [-0.2, -0.15) is 0 Å². The predicted molar refractivity (Wildman–Crippen MR) is 66.6 cm³/mol. The van der Waals surface area contributed by atoms with Gasteiger partial charge in [0.05, 0.1) is 0 Å². The second-order valence-electron chi connectivity index (χ2n) is 5.66. The third kappa shape index (κ3) is 6.08. The van der Waals surface area contributed by atoms with Gasteiger partial charge in [0.2, 0.25) is 0 Å². The van der Waals surface area contributed by atoms with E-state index in [0.29, 0.717) is 5.92 Å². The Morgan fingerprint density at radius 3 is 2.19 bits per heavy atom. The van der Waals surface area contributed by atoms with Gasteiger partial charge in [0.1, 0.15) is 5.54 Å². The van der Waals surface area contributed by atoms with Crippen LogP contribution in [-0.2, 0) is 4.79 Å². The van der Waals surface area contributed by atoms with Crippen LogP contribution in [0.5, 0.6) is 0 Å². The molecule has 0 aromatic heterocycles. The van der Waals surface area contributed by atoms with Crippen molar-refractivity contribution >= 4 is 5.97 Å². The molecule has 0 aliphatic heterocycles. The van der Waals surface area contributed by atoms with Crippen LogP contribution in [0.3, 0.4) is 0 Å². The van der Waals surface area contributed by atoms with Crippen molar-refractivity contribution in [3.05, 3.63) is 0 Å². The Balaban J connectivity index is 4.47. The van der Waals surface area contributed by atoms with Crippen molar-refractivity contribution < 1.29 is 9.90 Å². The molecule has 0 spiro atoms. The average Bonchev–Trinajstić information content (AvgIpc) is 1.99. The molecule has 0 saturated carbocycles. The van der Waals surface area contributed by atoms with Gasteiger partial charge < -0.3 is 10.0 Å². The Hall–Kier alpha value is -0.610. The normalized spacial score (nSPS) is 14.5. The van der Waals surface area contributed by atoms with Crippen LogP contribution in [0.4, 0.5) is 0 Å². The van der Waals surface area contributed by atoms with Crippen LogP contribution in [0.25, 0.3) is 0 Å². The van der Waals surface area contributed by atoms with Crippen molar-refractivity contribution in [1.82, 2.24) is 10.2 Å². The van der Waals surface area contributed by atoms with E-state index in [1.54, 1.807) is 13.8 Å². The maximum atomic E-state index is 11.1. The van der Waals surface area contributed by atoms with E-state index in [2.05, 4.69) is 24.1 Å². The van der Waals surface area contributed by atoms with Crippen LogP contribution < -0.4 is 5.32 Å². The van der Waals surface area contributed by atoms with Gasteiger partial charge in [0.25, 0.3) is 0 Å². The Morgan fingerprint density at radius 1 is 1.38 bits per heavy atom. The number of hydrogen-bond acceptors (Lipinski definition) is 3. The molecule has 2 N–H and O–H groups in total. The van der Waals surface area contributed by atoms with Crippen molar-refractivity contribution in [2.45, 2.75) is 45.7 Å². The van der Waals surface area contributed by atoms with E-state index in [1.165, 1.54) is 0 Å². The highest BCUT2D eigenvalue weighted by molar-refractivity contribution is 5.77. The number of carboxylic acid groups (broad SMARTS) is 1. The third-order valence-electron chi connectivity index (χ3n) is 2.44. The minimum atomic E-state index is -0.866. The maximum absolute atomic E-state index is 11.1. The number of rotatable bonds is 7. The number of carboxylic acids is 1. The fourth-order valence-corrected chi connectivity index (χ4v) is 1.76. The number of nitrogens with zero attached hydrogens (tertiary/aromatic N) is 1. The summed E-state index contributed by atoms with van der Waals surface area (Å²) >= 11 is 0. The molecule has 16 heavy (non-hydrogen) atoms.